The fourth-order valence-electron chi connectivity index (χ4n) is 2.62. The van der Waals surface area contributed by atoms with Gasteiger partial charge in [-0.25, -0.2) is 4.98 Å². The zero-order chi connectivity index (χ0) is 17.1. The lowest BCUT2D eigenvalue weighted by Crippen LogP contribution is -2.36. The largest absolute Gasteiger partial charge is 0.376 e. The first kappa shape index (κ1) is 16.1. The number of nitrogens with one attached hydrogen (secondary N) is 1. The Labute approximate surface area is 136 Å². The number of nitrogens with zero attached hydrogens (tertiary/aromatic N) is 3. The number of aromatic nitrogens is 2. The van der Waals surface area contributed by atoms with E-state index in [1.165, 1.54) is 24.5 Å². The highest BCUT2D eigenvalue weighted by molar-refractivity contribution is 5.80. The summed E-state index contributed by atoms with van der Waals surface area (Å²) in [6.07, 6.45) is 3.17. The van der Waals surface area contributed by atoms with Crippen LogP contribution >= 0.6 is 0 Å². The average molecular weight is 332 g/mol. The highest BCUT2D eigenvalue weighted by atomic mass is 16.6. The van der Waals surface area contributed by atoms with E-state index in [2.05, 4.69) is 10.3 Å². The molecular formula is C15H16N4O5. The number of fused-ring (bicyclic) bond motifs is 1. The molecule has 1 atom stereocenters. The minimum absolute atomic E-state index is 0.0167. The number of nitro groups is 1. The second-order valence-corrected chi connectivity index (χ2v) is 5.58. The zero-order valence-electron chi connectivity index (χ0n) is 12.8. The monoisotopic (exact) mass is 332 g/mol. The van der Waals surface area contributed by atoms with E-state index in [9.17, 15) is 19.7 Å². The van der Waals surface area contributed by atoms with Crippen molar-refractivity contribution < 1.29 is 14.5 Å². The molecule has 2 aromatic rings. The number of carbonyl (C=O) groups excluding carboxylic acids is 1. The Hall–Kier alpha value is -2.81. The third kappa shape index (κ3) is 3.40. The molecule has 9 nitrogen and oxygen atoms in total. The number of ether oxygens (including phenoxy) is 1. The predicted molar refractivity (Wildman–Crippen MR) is 84.6 cm³/mol. The normalized spacial score (nSPS) is 17.1. The molecule has 0 radical (unpaired) electrons. The zero-order valence-corrected chi connectivity index (χ0v) is 12.8. The molecule has 1 aliphatic heterocycles. The van der Waals surface area contributed by atoms with E-state index in [0.717, 1.165) is 17.4 Å². The Kier molecular flexibility index (Phi) is 4.52. The molecule has 1 aliphatic rings. The standard InChI is InChI=1S/C15H16N4O5/c20-14(16-7-11-2-1-5-24-11)8-18-9-17-13-4-3-10(19(22)23)6-12(13)15(18)21/h3-4,6,9,11H,1-2,5,7-8H2,(H,16,20). The third-order valence-corrected chi connectivity index (χ3v) is 3.88. The molecule has 2 heterocycles. The topological polar surface area (TPSA) is 116 Å². The quantitative estimate of drug-likeness (QED) is 0.633. The molecule has 24 heavy (non-hydrogen) atoms. The number of nitro benzene ring substituents is 1. The molecule has 1 amide bonds. The molecular weight excluding hydrogens is 316 g/mol. The number of amides is 1. The van der Waals surface area contributed by atoms with Gasteiger partial charge < -0.3 is 10.1 Å². The first-order valence-electron chi connectivity index (χ1n) is 7.56. The van der Waals surface area contributed by atoms with Crippen molar-refractivity contribution in [2.45, 2.75) is 25.5 Å². The molecule has 1 aromatic heterocycles. The van der Waals surface area contributed by atoms with Gasteiger partial charge in [-0.15, -0.1) is 0 Å². The van der Waals surface area contributed by atoms with Gasteiger partial charge >= 0.3 is 0 Å². The van der Waals surface area contributed by atoms with Crippen LogP contribution in [0.3, 0.4) is 0 Å². The van der Waals surface area contributed by atoms with E-state index >= 15 is 0 Å². The summed E-state index contributed by atoms with van der Waals surface area (Å²) >= 11 is 0. The summed E-state index contributed by atoms with van der Waals surface area (Å²) < 4.78 is 6.55. The van der Waals surface area contributed by atoms with Crippen LogP contribution in [0.1, 0.15) is 12.8 Å². The van der Waals surface area contributed by atoms with Crippen LogP contribution < -0.4 is 10.9 Å². The van der Waals surface area contributed by atoms with Crippen LogP contribution in [0.5, 0.6) is 0 Å². The smallest absolute Gasteiger partial charge is 0.270 e. The summed E-state index contributed by atoms with van der Waals surface area (Å²) in [5, 5.41) is 13.7. The molecule has 0 bridgehead atoms. The number of rotatable bonds is 5. The number of hydrogen-bond acceptors (Lipinski definition) is 6. The minimum atomic E-state index is -0.579. The van der Waals surface area contributed by atoms with Crippen LogP contribution in [-0.2, 0) is 16.1 Å². The number of carbonyl (C=O) groups is 1. The van der Waals surface area contributed by atoms with Crippen molar-refractivity contribution in [1.82, 2.24) is 14.9 Å². The summed E-state index contributed by atoms with van der Waals surface area (Å²) in [5.74, 6) is -0.334. The maximum atomic E-state index is 12.4. The lowest BCUT2D eigenvalue weighted by molar-refractivity contribution is -0.384. The van der Waals surface area contributed by atoms with Crippen molar-refractivity contribution >= 4 is 22.5 Å². The SMILES string of the molecule is O=C(Cn1cnc2ccc([N+](=O)[O-])cc2c1=O)NCC1CCCO1. The maximum Gasteiger partial charge on any atom is 0.270 e. The van der Waals surface area contributed by atoms with Crippen LogP contribution in [0.2, 0.25) is 0 Å². The Bertz CT molecular complexity index is 841. The lowest BCUT2D eigenvalue weighted by atomic mass is 10.2. The molecule has 1 saturated heterocycles. The Balaban J connectivity index is 1.76. The van der Waals surface area contributed by atoms with Crippen LogP contribution in [0.15, 0.2) is 29.3 Å². The Morgan fingerprint density at radius 3 is 3.04 bits per heavy atom. The van der Waals surface area contributed by atoms with Gasteiger partial charge in [-0.05, 0) is 18.9 Å². The van der Waals surface area contributed by atoms with Gasteiger partial charge in [0, 0.05) is 25.3 Å². The Morgan fingerprint density at radius 1 is 1.50 bits per heavy atom. The van der Waals surface area contributed by atoms with Crippen molar-refractivity contribution in [3.63, 3.8) is 0 Å². The van der Waals surface area contributed by atoms with Crippen LogP contribution in [0.25, 0.3) is 10.9 Å². The van der Waals surface area contributed by atoms with Crippen molar-refractivity contribution in [2.24, 2.45) is 0 Å². The van der Waals surface area contributed by atoms with Crippen molar-refractivity contribution in [3.8, 4) is 0 Å². The average Bonchev–Trinajstić information content (AvgIpc) is 3.09. The molecule has 3 rings (SSSR count). The van der Waals surface area contributed by atoms with Gasteiger partial charge in [0.15, 0.2) is 0 Å². The fourth-order valence-corrected chi connectivity index (χ4v) is 2.62. The molecule has 1 N–H and O–H groups in total. The summed E-state index contributed by atoms with van der Waals surface area (Å²) in [6, 6.07) is 3.87. The molecule has 9 heteroatoms. The predicted octanol–water partition coefficient (Wildman–Crippen LogP) is 0.600. The molecule has 1 fully saturated rings. The van der Waals surface area contributed by atoms with Crippen molar-refractivity contribution in [1.29, 1.82) is 0 Å². The van der Waals surface area contributed by atoms with E-state index in [1.54, 1.807) is 0 Å². The summed E-state index contributed by atoms with van der Waals surface area (Å²) in [7, 11) is 0. The van der Waals surface area contributed by atoms with Gasteiger partial charge in [-0.1, -0.05) is 0 Å². The summed E-state index contributed by atoms with van der Waals surface area (Å²) in [5.41, 5.74) is -0.334. The van der Waals surface area contributed by atoms with Crippen molar-refractivity contribution in [3.05, 3.63) is 45.0 Å². The van der Waals surface area contributed by atoms with E-state index < -0.39 is 10.5 Å². The molecule has 126 valence electrons. The van der Waals surface area contributed by atoms with Crippen LogP contribution in [0.4, 0.5) is 5.69 Å². The van der Waals surface area contributed by atoms with E-state index in [4.69, 9.17) is 4.74 Å². The molecule has 1 aromatic carbocycles. The maximum absolute atomic E-state index is 12.4. The van der Waals surface area contributed by atoms with Crippen LogP contribution in [0, 0.1) is 10.1 Å². The second kappa shape index (κ2) is 6.75. The van der Waals surface area contributed by atoms with Gasteiger partial charge in [-0.2, -0.15) is 0 Å². The van der Waals surface area contributed by atoms with Gasteiger partial charge in [-0.3, -0.25) is 24.3 Å². The lowest BCUT2D eigenvalue weighted by Gasteiger charge is -2.11. The van der Waals surface area contributed by atoms with Gasteiger partial charge in [0.1, 0.15) is 6.54 Å². The van der Waals surface area contributed by atoms with Gasteiger partial charge in [0.05, 0.1) is 28.3 Å². The summed E-state index contributed by atoms with van der Waals surface area (Å²) in [6.45, 7) is 0.907. The van der Waals surface area contributed by atoms with E-state index in [-0.39, 0.29) is 29.6 Å². The number of benzene rings is 1. The van der Waals surface area contributed by atoms with Gasteiger partial charge in [0.2, 0.25) is 5.91 Å². The van der Waals surface area contributed by atoms with E-state index in [0.29, 0.717) is 18.7 Å². The number of hydrogen-bond donors (Lipinski definition) is 1. The first-order chi connectivity index (χ1) is 11.5. The first-order valence-corrected chi connectivity index (χ1v) is 7.56. The fraction of sp³-hybridized carbons (Fsp3) is 0.400. The Morgan fingerprint density at radius 2 is 2.33 bits per heavy atom. The molecule has 0 aliphatic carbocycles. The number of non-ortho nitro benzene ring substituents is 1. The molecule has 0 saturated carbocycles. The molecule has 0 spiro atoms. The second-order valence-electron chi connectivity index (χ2n) is 5.58. The summed E-state index contributed by atoms with van der Waals surface area (Å²) in [4.78, 5) is 38.7. The molecule has 1 unspecified atom stereocenters. The highest BCUT2D eigenvalue weighted by Gasteiger charge is 2.17. The van der Waals surface area contributed by atoms with E-state index in [1.807, 2.05) is 0 Å². The van der Waals surface area contributed by atoms with Crippen LogP contribution in [-0.4, -0.2) is 39.6 Å². The van der Waals surface area contributed by atoms with Crippen molar-refractivity contribution in [2.75, 3.05) is 13.2 Å². The van der Waals surface area contributed by atoms with Gasteiger partial charge in [0.25, 0.3) is 11.2 Å². The third-order valence-electron chi connectivity index (χ3n) is 3.88. The highest BCUT2D eigenvalue weighted by Crippen LogP contribution is 2.16. The minimum Gasteiger partial charge on any atom is -0.376 e.